The van der Waals surface area contributed by atoms with Gasteiger partial charge >= 0.3 is 0 Å². The minimum Gasteiger partial charge on any atom is -0.468 e. The fourth-order valence-electron chi connectivity index (χ4n) is 2.31. The molecule has 2 rings (SSSR count). The zero-order valence-corrected chi connectivity index (χ0v) is 12.5. The highest BCUT2D eigenvalue weighted by molar-refractivity contribution is 5.19. The molecular weight excluding hydrogens is 248 g/mol. The second-order valence-corrected chi connectivity index (χ2v) is 5.48. The first-order chi connectivity index (χ1) is 9.66. The van der Waals surface area contributed by atoms with Gasteiger partial charge in [0.25, 0.3) is 0 Å². The van der Waals surface area contributed by atoms with E-state index in [1.807, 2.05) is 12.1 Å². The summed E-state index contributed by atoms with van der Waals surface area (Å²) in [5.74, 6) is 0.998. The summed E-state index contributed by atoms with van der Waals surface area (Å²) >= 11 is 0. The average Bonchev–Trinajstić information content (AvgIpc) is 2.92. The standard InChI is InChI=1S/C17H24N2O/c1-14(2)18-12-17(15-8-5-4-6-9-15)19(3)13-16-10-7-11-20-16/h4-11,14,17-18H,12-13H2,1-3H3. The lowest BCUT2D eigenvalue weighted by Crippen LogP contribution is -2.35. The average molecular weight is 272 g/mol. The number of rotatable bonds is 7. The lowest BCUT2D eigenvalue weighted by Gasteiger charge is -2.29. The van der Waals surface area contributed by atoms with Gasteiger partial charge in [0, 0.05) is 18.6 Å². The first-order valence-electron chi connectivity index (χ1n) is 7.17. The predicted octanol–water partition coefficient (Wildman–Crippen LogP) is 3.45. The van der Waals surface area contributed by atoms with Gasteiger partial charge < -0.3 is 9.73 Å². The summed E-state index contributed by atoms with van der Waals surface area (Å²) in [7, 11) is 2.14. The number of hydrogen-bond acceptors (Lipinski definition) is 3. The van der Waals surface area contributed by atoms with Gasteiger partial charge in [-0.3, -0.25) is 4.90 Å². The molecule has 0 saturated heterocycles. The minimum absolute atomic E-state index is 0.337. The van der Waals surface area contributed by atoms with Crippen LogP contribution in [0.3, 0.4) is 0 Å². The predicted molar refractivity (Wildman–Crippen MR) is 82.5 cm³/mol. The molecule has 1 heterocycles. The molecule has 0 aliphatic heterocycles. The number of hydrogen-bond donors (Lipinski definition) is 1. The van der Waals surface area contributed by atoms with Gasteiger partial charge in [-0.2, -0.15) is 0 Å². The molecule has 0 radical (unpaired) electrons. The van der Waals surface area contributed by atoms with Gasteiger partial charge in [-0.25, -0.2) is 0 Å². The molecule has 0 saturated carbocycles. The molecule has 1 atom stereocenters. The van der Waals surface area contributed by atoms with Crippen LogP contribution < -0.4 is 5.32 Å². The maximum absolute atomic E-state index is 5.45. The van der Waals surface area contributed by atoms with Crippen LogP contribution in [0, 0.1) is 0 Å². The summed E-state index contributed by atoms with van der Waals surface area (Å²) in [5, 5.41) is 3.53. The molecular formula is C17H24N2O. The van der Waals surface area contributed by atoms with Crippen molar-refractivity contribution in [3.8, 4) is 0 Å². The Morgan fingerprint density at radius 2 is 1.85 bits per heavy atom. The van der Waals surface area contributed by atoms with Gasteiger partial charge in [0.15, 0.2) is 0 Å². The van der Waals surface area contributed by atoms with E-state index in [2.05, 4.69) is 61.4 Å². The summed E-state index contributed by atoms with van der Waals surface area (Å²) in [6, 6.07) is 15.4. The highest BCUT2D eigenvalue weighted by Crippen LogP contribution is 2.20. The Morgan fingerprint density at radius 1 is 1.10 bits per heavy atom. The molecule has 20 heavy (non-hydrogen) atoms. The van der Waals surface area contributed by atoms with Gasteiger partial charge in [0.1, 0.15) is 5.76 Å². The van der Waals surface area contributed by atoms with Crippen LogP contribution in [-0.2, 0) is 6.54 Å². The van der Waals surface area contributed by atoms with Gasteiger partial charge in [-0.15, -0.1) is 0 Å². The van der Waals surface area contributed by atoms with Crippen molar-refractivity contribution in [1.82, 2.24) is 10.2 Å². The van der Waals surface area contributed by atoms with E-state index in [4.69, 9.17) is 4.42 Å². The van der Waals surface area contributed by atoms with E-state index < -0.39 is 0 Å². The zero-order chi connectivity index (χ0) is 14.4. The molecule has 0 amide bonds. The SMILES string of the molecule is CC(C)NCC(c1ccccc1)N(C)Cc1ccco1. The Kier molecular flexibility index (Phi) is 5.39. The molecule has 0 fully saturated rings. The van der Waals surface area contributed by atoms with Gasteiger partial charge in [-0.05, 0) is 24.7 Å². The fraction of sp³-hybridized carbons (Fsp3) is 0.412. The Morgan fingerprint density at radius 3 is 2.45 bits per heavy atom. The Bertz CT molecular complexity index is 479. The smallest absolute Gasteiger partial charge is 0.117 e. The molecule has 0 aliphatic carbocycles. The summed E-state index contributed by atoms with van der Waals surface area (Å²) in [5.41, 5.74) is 1.33. The molecule has 1 N–H and O–H groups in total. The normalized spacial score (nSPS) is 13.1. The first kappa shape index (κ1) is 14.8. The van der Waals surface area contributed by atoms with E-state index in [0.717, 1.165) is 18.8 Å². The highest BCUT2D eigenvalue weighted by Gasteiger charge is 2.18. The number of nitrogens with zero attached hydrogens (tertiary/aromatic N) is 1. The molecule has 2 aromatic rings. The maximum atomic E-state index is 5.45. The monoisotopic (exact) mass is 272 g/mol. The second kappa shape index (κ2) is 7.27. The van der Waals surface area contributed by atoms with E-state index >= 15 is 0 Å². The van der Waals surface area contributed by atoms with Crippen molar-refractivity contribution in [2.24, 2.45) is 0 Å². The first-order valence-corrected chi connectivity index (χ1v) is 7.17. The molecule has 1 unspecified atom stereocenters. The van der Waals surface area contributed by atoms with Crippen molar-refractivity contribution < 1.29 is 4.42 Å². The second-order valence-electron chi connectivity index (χ2n) is 5.48. The Hall–Kier alpha value is -1.58. The molecule has 108 valence electrons. The molecule has 3 nitrogen and oxygen atoms in total. The number of likely N-dealkylation sites (N-methyl/N-ethyl adjacent to an activating group) is 1. The molecule has 0 spiro atoms. The summed E-state index contributed by atoms with van der Waals surface area (Å²) in [6.45, 7) is 6.09. The third-order valence-corrected chi connectivity index (χ3v) is 3.42. The van der Waals surface area contributed by atoms with Crippen LogP contribution >= 0.6 is 0 Å². The van der Waals surface area contributed by atoms with Crippen molar-refractivity contribution >= 4 is 0 Å². The van der Waals surface area contributed by atoms with Crippen molar-refractivity contribution in [2.75, 3.05) is 13.6 Å². The Labute approximate surface area is 121 Å². The molecule has 1 aromatic heterocycles. The van der Waals surface area contributed by atoms with Gasteiger partial charge in [0.2, 0.25) is 0 Å². The van der Waals surface area contributed by atoms with Crippen LogP contribution in [0.4, 0.5) is 0 Å². The number of benzene rings is 1. The lowest BCUT2D eigenvalue weighted by atomic mass is 10.1. The summed E-state index contributed by atoms with van der Waals surface area (Å²) in [4.78, 5) is 2.32. The van der Waals surface area contributed by atoms with Crippen molar-refractivity contribution in [3.05, 3.63) is 60.1 Å². The number of nitrogens with one attached hydrogen (secondary N) is 1. The van der Waals surface area contributed by atoms with Crippen LogP contribution in [0.25, 0.3) is 0 Å². The third kappa shape index (κ3) is 4.22. The fourth-order valence-corrected chi connectivity index (χ4v) is 2.31. The molecule has 0 aliphatic rings. The topological polar surface area (TPSA) is 28.4 Å². The van der Waals surface area contributed by atoms with Gasteiger partial charge in [0.05, 0.1) is 12.8 Å². The van der Waals surface area contributed by atoms with E-state index in [0.29, 0.717) is 12.1 Å². The third-order valence-electron chi connectivity index (χ3n) is 3.42. The summed E-state index contributed by atoms with van der Waals surface area (Å²) < 4.78 is 5.45. The van der Waals surface area contributed by atoms with E-state index in [9.17, 15) is 0 Å². The van der Waals surface area contributed by atoms with Crippen LogP contribution in [0.5, 0.6) is 0 Å². The molecule has 3 heteroatoms. The lowest BCUT2D eigenvalue weighted by molar-refractivity contribution is 0.210. The van der Waals surface area contributed by atoms with Crippen LogP contribution in [0.15, 0.2) is 53.1 Å². The highest BCUT2D eigenvalue weighted by atomic mass is 16.3. The Balaban J connectivity index is 2.08. The molecule has 1 aromatic carbocycles. The van der Waals surface area contributed by atoms with Crippen LogP contribution in [0.1, 0.15) is 31.2 Å². The van der Waals surface area contributed by atoms with Crippen LogP contribution in [-0.4, -0.2) is 24.5 Å². The minimum atomic E-state index is 0.337. The zero-order valence-electron chi connectivity index (χ0n) is 12.5. The van der Waals surface area contributed by atoms with E-state index in [-0.39, 0.29) is 0 Å². The maximum Gasteiger partial charge on any atom is 0.117 e. The summed E-state index contributed by atoms with van der Waals surface area (Å²) in [6.07, 6.45) is 1.73. The van der Waals surface area contributed by atoms with E-state index in [1.165, 1.54) is 5.56 Å². The largest absolute Gasteiger partial charge is 0.468 e. The quantitative estimate of drug-likeness (QED) is 0.837. The van der Waals surface area contributed by atoms with Crippen molar-refractivity contribution in [3.63, 3.8) is 0 Å². The van der Waals surface area contributed by atoms with Crippen molar-refractivity contribution in [2.45, 2.75) is 32.5 Å². The van der Waals surface area contributed by atoms with E-state index in [1.54, 1.807) is 6.26 Å². The molecule has 0 bridgehead atoms. The van der Waals surface area contributed by atoms with Gasteiger partial charge in [-0.1, -0.05) is 44.2 Å². The van der Waals surface area contributed by atoms with Crippen molar-refractivity contribution in [1.29, 1.82) is 0 Å². The van der Waals surface area contributed by atoms with Crippen LogP contribution in [0.2, 0.25) is 0 Å². The number of furan rings is 1.